The molecule has 9 nitrogen and oxygen atoms in total. The Labute approximate surface area is 196 Å². The van der Waals surface area contributed by atoms with Gasteiger partial charge >= 0.3 is 0 Å². The number of methoxy groups -OCH3 is 2. The van der Waals surface area contributed by atoms with Crippen LogP contribution in [0.2, 0.25) is 0 Å². The summed E-state index contributed by atoms with van der Waals surface area (Å²) in [5, 5.41) is 22.3. The Hall–Kier alpha value is -4.14. The van der Waals surface area contributed by atoms with E-state index in [-0.39, 0.29) is 29.5 Å². The fraction of sp³-hybridized carbons (Fsp3) is 0.280. The third-order valence-corrected chi connectivity index (χ3v) is 6.14. The molecule has 1 saturated heterocycles. The van der Waals surface area contributed by atoms with Crippen molar-refractivity contribution in [3.05, 3.63) is 93.8 Å². The molecule has 0 radical (unpaired) electrons. The number of ether oxygens (including phenoxy) is 2. The summed E-state index contributed by atoms with van der Waals surface area (Å²) in [7, 11) is 3.01. The molecule has 34 heavy (non-hydrogen) atoms. The van der Waals surface area contributed by atoms with Crippen LogP contribution in [0.5, 0.6) is 17.2 Å². The second-order valence-electron chi connectivity index (χ2n) is 8.15. The quantitative estimate of drug-likeness (QED) is 0.420. The lowest BCUT2D eigenvalue weighted by molar-refractivity contribution is -0.537. The topological polar surface area (TPSA) is 115 Å². The Morgan fingerprint density at radius 2 is 1.76 bits per heavy atom. The fourth-order valence-corrected chi connectivity index (χ4v) is 4.53. The van der Waals surface area contributed by atoms with Crippen molar-refractivity contribution in [1.82, 2.24) is 9.88 Å². The second-order valence-corrected chi connectivity index (χ2v) is 8.15. The molecule has 0 saturated carbocycles. The lowest BCUT2D eigenvalue weighted by Crippen LogP contribution is -2.51. The highest BCUT2D eigenvalue weighted by Gasteiger charge is 2.50. The molecule has 4 rings (SSSR count). The van der Waals surface area contributed by atoms with E-state index in [2.05, 4.69) is 4.98 Å². The summed E-state index contributed by atoms with van der Waals surface area (Å²) in [6.07, 6.45) is 3.23. The first-order valence-electron chi connectivity index (χ1n) is 10.7. The molecule has 1 aliphatic rings. The summed E-state index contributed by atoms with van der Waals surface area (Å²) < 4.78 is 10.7. The molecule has 1 aliphatic heterocycles. The van der Waals surface area contributed by atoms with Crippen LogP contribution in [0.1, 0.15) is 35.1 Å². The van der Waals surface area contributed by atoms with Gasteiger partial charge in [-0.15, -0.1) is 0 Å². The highest BCUT2D eigenvalue weighted by Crippen LogP contribution is 2.44. The minimum atomic E-state index is -1.14. The molecular formula is C25H25N3O6. The van der Waals surface area contributed by atoms with E-state index in [0.717, 1.165) is 5.56 Å². The average molecular weight is 463 g/mol. The zero-order valence-electron chi connectivity index (χ0n) is 18.8. The Balaban J connectivity index is 1.83. The number of phenolic OH excluding ortho intramolecular Hbond substituents is 1. The van der Waals surface area contributed by atoms with Crippen molar-refractivity contribution in [3.8, 4) is 17.2 Å². The van der Waals surface area contributed by atoms with Crippen LogP contribution in [-0.2, 0) is 11.3 Å². The molecule has 2 heterocycles. The summed E-state index contributed by atoms with van der Waals surface area (Å²) in [5.41, 5.74) is 1.93. The summed E-state index contributed by atoms with van der Waals surface area (Å²) in [5.74, 6) is 0.0874. The standard InChI is InChI=1S/C25H25N3O6/c1-33-20-10-18(11-21(12-20)34-2)22-13-23(30)27(15-16-4-3-9-26-14-16)24(25(22)28(31)32)17-5-7-19(29)8-6-17/h3-12,14,22,24-25,29H,13,15H2,1-2H3/t22-,24+,25-/m0/s1. The molecule has 0 spiro atoms. The van der Waals surface area contributed by atoms with Gasteiger partial charge in [0.2, 0.25) is 11.9 Å². The molecule has 1 amide bonds. The van der Waals surface area contributed by atoms with E-state index in [1.807, 2.05) is 6.07 Å². The smallest absolute Gasteiger partial charge is 0.244 e. The molecule has 0 bridgehead atoms. The largest absolute Gasteiger partial charge is 0.508 e. The number of carbonyl (C=O) groups is 1. The lowest BCUT2D eigenvalue weighted by atomic mass is 9.78. The number of nitro groups is 1. The number of benzene rings is 2. The van der Waals surface area contributed by atoms with E-state index < -0.39 is 18.0 Å². The summed E-state index contributed by atoms with van der Waals surface area (Å²) in [6.45, 7) is 0.177. The minimum Gasteiger partial charge on any atom is -0.508 e. The van der Waals surface area contributed by atoms with Crippen molar-refractivity contribution >= 4 is 5.91 Å². The normalized spacial score (nSPS) is 20.1. The van der Waals surface area contributed by atoms with Crippen molar-refractivity contribution in [1.29, 1.82) is 0 Å². The number of aromatic hydroxyl groups is 1. The van der Waals surface area contributed by atoms with E-state index >= 15 is 0 Å². The number of phenols is 1. The van der Waals surface area contributed by atoms with E-state index in [0.29, 0.717) is 22.6 Å². The first kappa shape index (κ1) is 23.0. The number of hydrogen-bond donors (Lipinski definition) is 1. The van der Waals surface area contributed by atoms with Gasteiger partial charge in [-0.2, -0.15) is 0 Å². The monoisotopic (exact) mass is 463 g/mol. The molecule has 1 aromatic heterocycles. The lowest BCUT2D eigenvalue weighted by Gasteiger charge is -2.41. The van der Waals surface area contributed by atoms with Crippen molar-refractivity contribution in [2.75, 3.05) is 14.2 Å². The van der Waals surface area contributed by atoms with E-state index in [9.17, 15) is 20.0 Å². The Morgan fingerprint density at radius 1 is 1.09 bits per heavy atom. The van der Waals surface area contributed by atoms with Crippen LogP contribution >= 0.6 is 0 Å². The third-order valence-electron chi connectivity index (χ3n) is 6.14. The molecular weight excluding hydrogens is 438 g/mol. The van der Waals surface area contributed by atoms with Crippen LogP contribution in [0.25, 0.3) is 0 Å². The second kappa shape index (κ2) is 9.78. The van der Waals surface area contributed by atoms with Gasteiger partial charge in [0.25, 0.3) is 0 Å². The van der Waals surface area contributed by atoms with Gasteiger partial charge in [-0.05, 0) is 47.0 Å². The zero-order chi connectivity index (χ0) is 24.2. The van der Waals surface area contributed by atoms with Crippen LogP contribution in [0.4, 0.5) is 0 Å². The molecule has 1 N–H and O–H groups in total. The first-order valence-corrected chi connectivity index (χ1v) is 10.7. The molecule has 2 aromatic carbocycles. The highest BCUT2D eigenvalue weighted by molar-refractivity contribution is 5.79. The zero-order valence-corrected chi connectivity index (χ0v) is 18.8. The number of likely N-dealkylation sites (tertiary alicyclic amines) is 1. The molecule has 0 unspecified atom stereocenters. The predicted octanol–water partition coefficient (Wildman–Crippen LogP) is 3.71. The molecule has 3 atom stereocenters. The number of aromatic nitrogens is 1. The van der Waals surface area contributed by atoms with E-state index in [4.69, 9.17) is 9.47 Å². The maximum atomic E-state index is 13.5. The van der Waals surface area contributed by atoms with Crippen molar-refractivity contribution in [2.45, 2.75) is 31.0 Å². The first-order chi connectivity index (χ1) is 16.4. The van der Waals surface area contributed by atoms with Crippen LogP contribution in [-0.4, -0.2) is 46.1 Å². The van der Waals surface area contributed by atoms with Gasteiger partial charge in [0.1, 0.15) is 23.3 Å². The van der Waals surface area contributed by atoms with Crippen molar-refractivity contribution in [3.63, 3.8) is 0 Å². The van der Waals surface area contributed by atoms with Crippen LogP contribution in [0.15, 0.2) is 67.0 Å². The number of piperidine rings is 1. The SMILES string of the molecule is COc1cc(OC)cc([C@@H]2CC(=O)N(Cc3cccnc3)[C@H](c3ccc(O)cc3)[C@H]2[N+](=O)[O-])c1. The molecule has 9 heteroatoms. The third kappa shape index (κ3) is 4.63. The molecule has 1 fully saturated rings. The van der Waals surface area contributed by atoms with Crippen molar-refractivity contribution < 1.29 is 24.3 Å². The summed E-state index contributed by atoms with van der Waals surface area (Å²) in [4.78, 5) is 31.3. The number of amides is 1. The number of rotatable bonds is 7. The summed E-state index contributed by atoms with van der Waals surface area (Å²) in [6, 6.07) is 12.9. The van der Waals surface area contributed by atoms with Gasteiger partial charge in [-0.25, -0.2) is 0 Å². The van der Waals surface area contributed by atoms with E-state index in [1.54, 1.807) is 48.8 Å². The number of hydrogen-bond acceptors (Lipinski definition) is 7. The maximum absolute atomic E-state index is 13.5. The van der Waals surface area contributed by atoms with Gasteiger partial charge in [0.05, 0.1) is 20.1 Å². The molecule has 176 valence electrons. The van der Waals surface area contributed by atoms with Crippen LogP contribution in [0.3, 0.4) is 0 Å². The Morgan fingerprint density at radius 3 is 2.32 bits per heavy atom. The summed E-state index contributed by atoms with van der Waals surface area (Å²) >= 11 is 0. The number of pyridine rings is 1. The molecule has 0 aliphatic carbocycles. The molecule has 3 aromatic rings. The van der Waals surface area contributed by atoms with Crippen molar-refractivity contribution in [2.24, 2.45) is 0 Å². The Bertz CT molecular complexity index is 1150. The fourth-order valence-electron chi connectivity index (χ4n) is 4.53. The minimum absolute atomic E-state index is 0.0384. The van der Waals surface area contributed by atoms with Gasteiger partial charge in [-0.1, -0.05) is 18.2 Å². The predicted molar refractivity (Wildman–Crippen MR) is 123 cm³/mol. The van der Waals surface area contributed by atoms with Gasteiger partial charge in [-0.3, -0.25) is 19.9 Å². The average Bonchev–Trinajstić information content (AvgIpc) is 2.85. The van der Waals surface area contributed by atoms with Gasteiger partial charge in [0, 0.05) is 36.3 Å². The van der Waals surface area contributed by atoms with Crippen LogP contribution < -0.4 is 9.47 Å². The van der Waals surface area contributed by atoms with E-state index in [1.165, 1.54) is 31.3 Å². The van der Waals surface area contributed by atoms with Crippen LogP contribution in [0, 0.1) is 10.1 Å². The maximum Gasteiger partial charge on any atom is 0.244 e. The van der Waals surface area contributed by atoms with Gasteiger partial charge in [0.15, 0.2) is 0 Å². The highest BCUT2D eigenvalue weighted by atomic mass is 16.6. The van der Waals surface area contributed by atoms with Gasteiger partial charge < -0.3 is 19.5 Å². The number of carbonyl (C=O) groups excluding carboxylic acids is 1. The Kier molecular flexibility index (Phi) is 6.62. The number of nitrogens with zero attached hydrogens (tertiary/aromatic N) is 3.